The molecule has 15 nitrogen and oxygen atoms in total. The Balaban J connectivity index is 1.33. The van der Waals surface area contributed by atoms with Gasteiger partial charge in [0.05, 0.1) is 29.6 Å². The smallest absolute Gasteiger partial charge is 0.410 e. The number of carboxylic acid groups (broad SMARTS) is 1. The number of fused-ring (bicyclic) bond motifs is 1. The largest absolute Gasteiger partial charge is 0.477 e. The first-order valence-electron chi connectivity index (χ1n) is 14.9. The van der Waals surface area contributed by atoms with Crippen LogP contribution in [0.2, 0.25) is 0 Å². The van der Waals surface area contributed by atoms with Gasteiger partial charge in [0.15, 0.2) is 0 Å². The summed E-state index contributed by atoms with van der Waals surface area (Å²) in [4.78, 5) is 69.5. The fraction of sp³-hybridized carbons (Fsp3) is 0.586. The van der Waals surface area contributed by atoms with Gasteiger partial charge in [0.1, 0.15) is 18.3 Å². The predicted octanol–water partition coefficient (Wildman–Crippen LogP) is 0.698. The zero-order valence-corrected chi connectivity index (χ0v) is 25.8. The molecule has 5 rings (SSSR count). The van der Waals surface area contributed by atoms with Crippen LogP contribution in [0.5, 0.6) is 0 Å². The standard InChI is InChI=1S/C29H37N5O10S/c1-16-23-22(17(2)36)27(38)33(23)24(28(39)40)25(16)45-20-13-21(26(37)31-9-7-30(8-10-31)11-12-35)32(14-20)29(41)44-15-18-3-5-19(6-4-18)34(42)43/h3-6,16-17,20-23,35-36H,7-15H2,1-2H3,(H,39,40)/t16-,17-,20+,21+,22-,23-/m1/s1. The lowest BCUT2D eigenvalue weighted by atomic mass is 9.79. The maximum Gasteiger partial charge on any atom is 0.410 e. The molecule has 0 unspecified atom stereocenters. The van der Waals surface area contributed by atoms with Crippen molar-refractivity contribution in [3.05, 3.63) is 50.5 Å². The molecule has 0 radical (unpaired) electrons. The molecular formula is C29H37N5O10S. The second-order valence-corrected chi connectivity index (χ2v) is 13.1. The summed E-state index contributed by atoms with van der Waals surface area (Å²) in [5.74, 6) is -3.02. The molecule has 0 aliphatic carbocycles. The van der Waals surface area contributed by atoms with E-state index in [1.165, 1.54) is 52.8 Å². The highest BCUT2D eigenvalue weighted by atomic mass is 32.2. The van der Waals surface area contributed by atoms with Crippen molar-refractivity contribution in [2.45, 2.75) is 50.3 Å². The van der Waals surface area contributed by atoms with Crippen molar-refractivity contribution in [3.63, 3.8) is 0 Å². The highest BCUT2D eigenvalue weighted by molar-refractivity contribution is 8.03. The van der Waals surface area contributed by atoms with E-state index in [1.807, 2.05) is 11.8 Å². The van der Waals surface area contributed by atoms with Crippen LogP contribution in [0.25, 0.3) is 0 Å². The van der Waals surface area contributed by atoms with Gasteiger partial charge in [0.2, 0.25) is 11.8 Å². The van der Waals surface area contributed by atoms with Crippen LogP contribution in [0.4, 0.5) is 10.5 Å². The van der Waals surface area contributed by atoms with Crippen molar-refractivity contribution in [1.29, 1.82) is 0 Å². The first-order valence-corrected chi connectivity index (χ1v) is 15.7. The number of ether oxygens (including phenoxy) is 1. The van der Waals surface area contributed by atoms with Gasteiger partial charge in [0.25, 0.3) is 5.69 Å². The summed E-state index contributed by atoms with van der Waals surface area (Å²) < 4.78 is 5.54. The lowest BCUT2D eigenvalue weighted by Gasteiger charge is -2.46. The molecule has 0 spiro atoms. The Morgan fingerprint density at radius 2 is 1.82 bits per heavy atom. The number of aliphatic carboxylic acids is 1. The van der Waals surface area contributed by atoms with Crippen LogP contribution in [0, 0.1) is 22.0 Å². The average molecular weight is 648 g/mol. The van der Waals surface area contributed by atoms with E-state index in [0.29, 0.717) is 43.2 Å². The summed E-state index contributed by atoms with van der Waals surface area (Å²) in [6.45, 7) is 5.75. The minimum atomic E-state index is -1.25. The number of carbonyl (C=O) groups excluding carboxylic acids is 3. The fourth-order valence-corrected chi connectivity index (χ4v) is 8.19. The van der Waals surface area contributed by atoms with E-state index in [4.69, 9.17) is 4.74 Å². The Hall–Kier alpha value is -3.73. The summed E-state index contributed by atoms with van der Waals surface area (Å²) in [6.07, 6.45) is -1.45. The number of benzene rings is 1. The number of aliphatic hydroxyl groups is 2. The summed E-state index contributed by atoms with van der Waals surface area (Å²) in [5, 5.41) is 40.1. The Morgan fingerprint density at radius 3 is 2.40 bits per heavy atom. The number of thioether (sulfide) groups is 1. The molecule has 3 fully saturated rings. The number of aliphatic hydroxyl groups excluding tert-OH is 2. The number of carbonyl (C=O) groups is 4. The van der Waals surface area contributed by atoms with Gasteiger partial charge in [-0.1, -0.05) is 6.92 Å². The Morgan fingerprint density at radius 1 is 1.16 bits per heavy atom. The minimum absolute atomic E-state index is 0.0122. The van der Waals surface area contributed by atoms with E-state index in [2.05, 4.69) is 0 Å². The van der Waals surface area contributed by atoms with Crippen molar-refractivity contribution in [3.8, 4) is 0 Å². The summed E-state index contributed by atoms with van der Waals surface area (Å²) in [5.41, 5.74) is 0.304. The average Bonchev–Trinajstić information content (AvgIpc) is 3.53. The van der Waals surface area contributed by atoms with Crippen LogP contribution in [-0.2, 0) is 25.7 Å². The van der Waals surface area contributed by atoms with E-state index >= 15 is 0 Å². The molecule has 4 aliphatic heterocycles. The molecule has 3 amide bonds. The molecule has 4 aliphatic rings. The molecular weight excluding hydrogens is 610 g/mol. The third kappa shape index (κ3) is 6.36. The second kappa shape index (κ2) is 13.3. The summed E-state index contributed by atoms with van der Waals surface area (Å²) in [7, 11) is 0. The number of likely N-dealkylation sites (tertiary alicyclic amines) is 1. The fourth-order valence-electron chi connectivity index (χ4n) is 6.66. The molecule has 244 valence electrons. The number of non-ortho nitro benzene ring substituents is 1. The van der Waals surface area contributed by atoms with E-state index < -0.39 is 47.0 Å². The normalized spacial score (nSPS) is 27.3. The van der Waals surface area contributed by atoms with Crippen LogP contribution >= 0.6 is 11.8 Å². The van der Waals surface area contributed by atoms with Gasteiger partial charge in [-0.25, -0.2) is 9.59 Å². The van der Waals surface area contributed by atoms with Crippen LogP contribution in [0.3, 0.4) is 0 Å². The monoisotopic (exact) mass is 647 g/mol. The van der Waals surface area contributed by atoms with E-state index in [9.17, 15) is 44.6 Å². The Labute approximate surface area is 263 Å². The zero-order chi connectivity index (χ0) is 32.6. The molecule has 0 saturated carbocycles. The third-order valence-electron chi connectivity index (χ3n) is 9.00. The highest BCUT2D eigenvalue weighted by Crippen LogP contribution is 2.52. The molecule has 6 atom stereocenters. The second-order valence-electron chi connectivity index (χ2n) is 11.8. The number of hydrogen-bond acceptors (Lipinski definition) is 11. The predicted molar refractivity (Wildman–Crippen MR) is 160 cm³/mol. The summed E-state index contributed by atoms with van der Waals surface area (Å²) in [6, 6.07) is 4.22. The van der Waals surface area contributed by atoms with E-state index in [0.717, 1.165) is 0 Å². The van der Waals surface area contributed by atoms with Crippen molar-refractivity contribution in [2.24, 2.45) is 11.8 Å². The number of nitro benzene ring substituents is 1. The van der Waals surface area contributed by atoms with E-state index in [-0.39, 0.29) is 54.6 Å². The number of β-amino-alcohol motifs (C(OH)–C–C–N with tert-alkyl or cyclic N) is 1. The van der Waals surface area contributed by atoms with Crippen molar-refractivity contribution < 1.29 is 44.2 Å². The number of nitro groups is 1. The van der Waals surface area contributed by atoms with Gasteiger partial charge >= 0.3 is 12.1 Å². The Kier molecular flexibility index (Phi) is 9.67. The number of rotatable bonds is 10. The number of hydrogen-bond donors (Lipinski definition) is 3. The lowest BCUT2D eigenvalue weighted by molar-refractivity contribution is -0.384. The number of carboxylic acids is 1. The Bertz CT molecular complexity index is 1380. The van der Waals surface area contributed by atoms with Crippen molar-refractivity contribution in [1.82, 2.24) is 19.6 Å². The maximum atomic E-state index is 13.8. The first-order chi connectivity index (χ1) is 21.4. The topological polar surface area (TPSA) is 194 Å². The van der Waals surface area contributed by atoms with Crippen molar-refractivity contribution >= 4 is 41.3 Å². The number of piperazine rings is 1. The van der Waals surface area contributed by atoms with Gasteiger partial charge in [-0.2, -0.15) is 0 Å². The molecule has 1 aromatic rings. The highest BCUT2D eigenvalue weighted by Gasteiger charge is 2.60. The van der Waals surface area contributed by atoms with Gasteiger partial charge in [0, 0.05) is 67.5 Å². The number of β-lactam (4-membered cyclic amide) rings is 1. The quantitative estimate of drug-likeness (QED) is 0.183. The van der Waals surface area contributed by atoms with Crippen LogP contribution in [-0.4, -0.2) is 133 Å². The van der Waals surface area contributed by atoms with E-state index in [1.54, 1.807) is 4.90 Å². The van der Waals surface area contributed by atoms with Gasteiger partial charge in [-0.15, -0.1) is 11.8 Å². The number of nitrogens with zero attached hydrogens (tertiary/aromatic N) is 5. The van der Waals surface area contributed by atoms with Gasteiger partial charge < -0.3 is 29.9 Å². The maximum absolute atomic E-state index is 13.8. The lowest BCUT2D eigenvalue weighted by Crippen LogP contribution is -2.63. The zero-order valence-electron chi connectivity index (χ0n) is 25.0. The number of amides is 3. The van der Waals surface area contributed by atoms with Crippen LogP contribution < -0.4 is 0 Å². The summed E-state index contributed by atoms with van der Waals surface area (Å²) >= 11 is 1.24. The van der Waals surface area contributed by atoms with Crippen LogP contribution in [0.1, 0.15) is 25.8 Å². The molecule has 3 N–H and O–H groups in total. The molecule has 3 saturated heterocycles. The van der Waals surface area contributed by atoms with Gasteiger partial charge in [-0.3, -0.25) is 29.5 Å². The van der Waals surface area contributed by atoms with Crippen LogP contribution in [0.15, 0.2) is 34.9 Å². The molecule has 0 aromatic heterocycles. The molecule has 45 heavy (non-hydrogen) atoms. The third-order valence-corrected chi connectivity index (χ3v) is 10.5. The molecule has 4 heterocycles. The van der Waals surface area contributed by atoms with Crippen molar-refractivity contribution in [2.75, 3.05) is 45.9 Å². The SMILES string of the molecule is C[C@@H](O)[C@H]1C(=O)N2C(C(=O)O)=C(S[C@H]3C[C@@H](C(=O)N4CCN(CCO)CC4)N(C(=O)OCc4ccc([N+](=O)[O-])cc4)C3)[C@H](C)[C@H]12. The first kappa shape index (κ1) is 32.7. The molecule has 16 heteroatoms. The van der Waals surface area contributed by atoms with Gasteiger partial charge in [-0.05, 0) is 31.0 Å². The molecule has 0 bridgehead atoms. The molecule has 1 aromatic carbocycles. The minimum Gasteiger partial charge on any atom is -0.477 e.